The molecule has 0 saturated heterocycles. The number of rotatable bonds is 3. The van der Waals surface area contributed by atoms with Gasteiger partial charge in [0.15, 0.2) is 0 Å². The van der Waals surface area contributed by atoms with Gasteiger partial charge in [-0.2, -0.15) is 5.26 Å². The van der Waals surface area contributed by atoms with E-state index in [-0.39, 0.29) is 5.91 Å². The van der Waals surface area contributed by atoms with Crippen LogP contribution in [-0.4, -0.2) is 19.0 Å². The molecule has 0 aromatic heterocycles. The van der Waals surface area contributed by atoms with Gasteiger partial charge in [0.25, 0.3) is 5.91 Å². The fourth-order valence-electron chi connectivity index (χ4n) is 1.02. The van der Waals surface area contributed by atoms with E-state index in [4.69, 9.17) is 11.0 Å². The molecule has 14 heavy (non-hydrogen) atoms. The maximum Gasteiger partial charge on any atom is 0.251 e. The number of amides is 1. The molecule has 1 rings (SSSR count). The smallest absolute Gasteiger partial charge is 0.251 e. The standard InChI is InChI=1S/C10H11N3O/c11-4-5-13-10(14)9-3-1-2-8(6-9)7-12/h1-3,6H,4-5,11H2,(H,13,14). The Kier molecular flexibility index (Phi) is 3.65. The first-order chi connectivity index (χ1) is 6.77. The van der Waals surface area contributed by atoms with Crippen LogP contribution in [0, 0.1) is 11.3 Å². The normalized spacial score (nSPS) is 9.14. The van der Waals surface area contributed by atoms with E-state index in [0.29, 0.717) is 24.2 Å². The van der Waals surface area contributed by atoms with Gasteiger partial charge in [-0.15, -0.1) is 0 Å². The Morgan fingerprint density at radius 1 is 1.57 bits per heavy atom. The van der Waals surface area contributed by atoms with Crippen LogP contribution in [0.5, 0.6) is 0 Å². The minimum Gasteiger partial charge on any atom is -0.351 e. The number of nitriles is 1. The van der Waals surface area contributed by atoms with Crippen LogP contribution < -0.4 is 11.1 Å². The van der Waals surface area contributed by atoms with E-state index in [1.165, 1.54) is 0 Å². The lowest BCUT2D eigenvalue weighted by Gasteiger charge is -2.02. The molecule has 72 valence electrons. The second kappa shape index (κ2) is 5.00. The summed E-state index contributed by atoms with van der Waals surface area (Å²) in [5, 5.41) is 11.2. The lowest BCUT2D eigenvalue weighted by molar-refractivity contribution is 0.0954. The third kappa shape index (κ3) is 2.57. The molecule has 4 heteroatoms. The summed E-state index contributed by atoms with van der Waals surface area (Å²) in [5.74, 6) is -0.201. The maximum absolute atomic E-state index is 11.4. The van der Waals surface area contributed by atoms with E-state index >= 15 is 0 Å². The third-order valence-electron chi connectivity index (χ3n) is 1.68. The molecule has 0 saturated carbocycles. The molecular formula is C10H11N3O. The summed E-state index contributed by atoms with van der Waals surface area (Å²) in [6.07, 6.45) is 0. The molecule has 0 unspecified atom stereocenters. The first-order valence-corrected chi connectivity index (χ1v) is 4.26. The highest BCUT2D eigenvalue weighted by Gasteiger charge is 2.04. The van der Waals surface area contributed by atoms with Gasteiger partial charge < -0.3 is 11.1 Å². The molecule has 3 N–H and O–H groups in total. The quantitative estimate of drug-likeness (QED) is 0.715. The minimum absolute atomic E-state index is 0.201. The van der Waals surface area contributed by atoms with Gasteiger partial charge >= 0.3 is 0 Å². The van der Waals surface area contributed by atoms with Gasteiger partial charge in [-0.05, 0) is 18.2 Å². The summed E-state index contributed by atoms with van der Waals surface area (Å²) in [5.41, 5.74) is 6.20. The Bertz CT molecular complexity index is 368. The molecule has 0 heterocycles. The number of carbonyl (C=O) groups excluding carboxylic acids is 1. The molecule has 4 nitrogen and oxygen atoms in total. The van der Waals surface area contributed by atoms with E-state index in [1.807, 2.05) is 6.07 Å². The molecule has 0 aliphatic carbocycles. The lowest BCUT2D eigenvalue weighted by atomic mass is 10.1. The molecule has 0 radical (unpaired) electrons. The second-order valence-electron chi connectivity index (χ2n) is 2.74. The average Bonchev–Trinajstić information content (AvgIpc) is 2.26. The Hall–Kier alpha value is -1.86. The van der Waals surface area contributed by atoms with E-state index in [1.54, 1.807) is 24.3 Å². The number of hydrogen-bond acceptors (Lipinski definition) is 3. The first kappa shape index (κ1) is 10.2. The largest absolute Gasteiger partial charge is 0.351 e. The summed E-state index contributed by atoms with van der Waals surface area (Å²) in [6, 6.07) is 8.51. The summed E-state index contributed by atoms with van der Waals surface area (Å²) in [4.78, 5) is 11.4. The number of nitrogens with one attached hydrogen (secondary N) is 1. The van der Waals surface area contributed by atoms with Gasteiger partial charge in [0.05, 0.1) is 11.6 Å². The molecule has 0 aliphatic rings. The second-order valence-corrected chi connectivity index (χ2v) is 2.74. The summed E-state index contributed by atoms with van der Waals surface area (Å²) in [6.45, 7) is 0.847. The van der Waals surface area contributed by atoms with Crippen molar-refractivity contribution in [2.75, 3.05) is 13.1 Å². The predicted octanol–water partition coefficient (Wildman–Crippen LogP) is 0.247. The van der Waals surface area contributed by atoms with Crippen LogP contribution >= 0.6 is 0 Å². The molecule has 1 aromatic rings. The zero-order chi connectivity index (χ0) is 10.4. The fourth-order valence-corrected chi connectivity index (χ4v) is 1.02. The number of nitrogens with two attached hydrogens (primary N) is 1. The maximum atomic E-state index is 11.4. The van der Waals surface area contributed by atoms with E-state index in [9.17, 15) is 4.79 Å². The van der Waals surface area contributed by atoms with E-state index in [2.05, 4.69) is 5.32 Å². The van der Waals surface area contributed by atoms with Crippen LogP contribution in [0.25, 0.3) is 0 Å². The SMILES string of the molecule is N#Cc1cccc(C(=O)NCCN)c1. The van der Waals surface area contributed by atoms with Gasteiger partial charge in [-0.3, -0.25) is 4.79 Å². The summed E-state index contributed by atoms with van der Waals surface area (Å²) in [7, 11) is 0. The summed E-state index contributed by atoms with van der Waals surface area (Å²) >= 11 is 0. The van der Waals surface area contributed by atoms with Gasteiger partial charge in [-0.25, -0.2) is 0 Å². The van der Waals surface area contributed by atoms with Crippen LogP contribution in [0.3, 0.4) is 0 Å². The van der Waals surface area contributed by atoms with Crippen LogP contribution in [-0.2, 0) is 0 Å². The Labute approximate surface area is 82.3 Å². The molecular weight excluding hydrogens is 178 g/mol. The highest BCUT2D eigenvalue weighted by atomic mass is 16.1. The Morgan fingerprint density at radius 3 is 3.00 bits per heavy atom. The van der Waals surface area contributed by atoms with Crippen molar-refractivity contribution in [3.8, 4) is 6.07 Å². The van der Waals surface area contributed by atoms with E-state index < -0.39 is 0 Å². The third-order valence-corrected chi connectivity index (χ3v) is 1.68. The fraction of sp³-hybridized carbons (Fsp3) is 0.200. The predicted molar refractivity (Wildman–Crippen MR) is 52.5 cm³/mol. The van der Waals surface area contributed by atoms with Crippen molar-refractivity contribution in [2.45, 2.75) is 0 Å². The molecule has 1 aromatic carbocycles. The molecule has 0 spiro atoms. The highest BCUT2D eigenvalue weighted by Crippen LogP contribution is 2.03. The van der Waals surface area contributed by atoms with Gasteiger partial charge in [0, 0.05) is 18.7 Å². The molecule has 0 fully saturated rings. The minimum atomic E-state index is -0.201. The van der Waals surface area contributed by atoms with Gasteiger partial charge in [-0.1, -0.05) is 6.07 Å². The van der Waals surface area contributed by atoms with Gasteiger partial charge in [0.1, 0.15) is 0 Å². The number of benzene rings is 1. The van der Waals surface area contributed by atoms with Crippen molar-refractivity contribution in [3.63, 3.8) is 0 Å². The van der Waals surface area contributed by atoms with Crippen LogP contribution in [0.1, 0.15) is 15.9 Å². The molecule has 1 amide bonds. The first-order valence-electron chi connectivity index (χ1n) is 4.26. The van der Waals surface area contributed by atoms with Crippen molar-refractivity contribution in [3.05, 3.63) is 35.4 Å². The molecule has 0 aliphatic heterocycles. The molecule has 0 atom stereocenters. The number of hydrogen-bond donors (Lipinski definition) is 2. The van der Waals surface area contributed by atoms with Crippen LogP contribution in [0.2, 0.25) is 0 Å². The van der Waals surface area contributed by atoms with Crippen molar-refractivity contribution in [1.29, 1.82) is 5.26 Å². The number of nitrogens with zero attached hydrogens (tertiary/aromatic N) is 1. The topological polar surface area (TPSA) is 78.9 Å². The van der Waals surface area contributed by atoms with Crippen molar-refractivity contribution >= 4 is 5.91 Å². The van der Waals surface area contributed by atoms with Gasteiger partial charge in [0.2, 0.25) is 0 Å². The van der Waals surface area contributed by atoms with Crippen molar-refractivity contribution in [2.24, 2.45) is 5.73 Å². The Balaban J connectivity index is 2.75. The zero-order valence-electron chi connectivity index (χ0n) is 7.66. The van der Waals surface area contributed by atoms with Crippen LogP contribution in [0.15, 0.2) is 24.3 Å². The van der Waals surface area contributed by atoms with Crippen LogP contribution in [0.4, 0.5) is 0 Å². The zero-order valence-corrected chi connectivity index (χ0v) is 7.66. The Morgan fingerprint density at radius 2 is 2.36 bits per heavy atom. The van der Waals surface area contributed by atoms with Crippen molar-refractivity contribution in [1.82, 2.24) is 5.32 Å². The molecule has 0 bridgehead atoms. The summed E-state index contributed by atoms with van der Waals surface area (Å²) < 4.78 is 0. The highest BCUT2D eigenvalue weighted by molar-refractivity contribution is 5.94. The monoisotopic (exact) mass is 189 g/mol. The lowest BCUT2D eigenvalue weighted by Crippen LogP contribution is -2.28. The number of carbonyl (C=O) groups is 1. The van der Waals surface area contributed by atoms with Crippen molar-refractivity contribution < 1.29 is 4.79 Å². The van der Waals surface area contributed by atoms with E-state index in [0.717, 1.165) is 0 Å². The average molecular weight is 189 g/mol.